The molecule has 0 unspecified atom stereocenters. The molecule has 3 aromatic carbocycles. The molecule has 0 aliphatic carbocycles. The van der Waals surface area contributed by atoms with E-state index in [0.717, 1.165) is 57.1 Å². The molecule has 0 fully saturated rings. The first-order valence-electron chi connectivity index (χ1n) is 24.6. The molecule has 9 heteroatoms. The van der Waals surface area contributed by atoms with Crippen LogP contribution in [0.25, 0.3) is 34.2 Å². The molecule has 1 aromatic heterocycles. The van der Waals surface area contributed by atoms with E-state index in [2.05, 4.69) is 27.7 Å². The number of hydrogen-bond acceptors (Lipinski definition) is 9. The summed E-state index contributed by atoms with van der Waals surface area (Å²) in [6.45, 7) is 11.3. The van der Waals surface area contributed by atoms with Gasteiger partial charge < -0.3 is 29.2 Å². The molecule has 1 heterocycles. The molecular weight excluding hydrogens is 775 g/mol. The summed E-state index contributed by atoms with van der Waals surface area (Å²) in [6.07, 6.45) is 28.1. The maximum atomic E-state index is 11.4. The summed E-state index contributed by atoms with van der Waals surface area (Å²) in [6, 6.07) is 16.3. The van der Waals surface area contributed by atoms with Gasteiger partial charge in [-0.25, -0.2) is 15.0 Å². The first-order chi connectivity index (χ1) is 30.5. The van der Waals surface area contributed by atoms with Gasteiger partial charge >= 0.3 is 0 Å². The Morgan fingerprint density at radius 1 is 0.339 bits per heavy atom. The number of nitrogens with zero attached hydrogens (tertiary/aromatic N) is 3. The van der Waals surface area contributed by atoms with Crippen molar-refractivity contribution in [2.75, 3.05) is 26.4 Å². The largest absolute Gasteiger partial charge is 0.507 e. The highest BCUT2D eigenvalue weighted by molar-refractivity contribution is 5.74. The number of rotatable bonds is 35. The second-order valence-electron chi connectivity index (χ2n) is 16.8. The monoisotopic (exact) mass is 854 g/mol. The van der Waals surface area contributed by atoms with Crippen LogP contribution in [0.1, 0.15) is 182 Å². The molecule has 0 atom stereocenters. The number of phenols is 2. The molecule has 0 aliphatic rings. The zero-order valence-electron chi connectivity index (χ0n) is 38.9. The van der Waals surface area contributed by atoms with E-state index in [-0.39, 0.29) is 23.1 Å². The number of unbranched alkanes of at least 4 members (excludes halogenated alkanes) is 20. The summed E-state index contributed by atoms with van der Waals surface area (Å²) in [5.41, 5.74) is 1.52. The van der Waals surface area contributed by atoms with Gasteiger partial charge in [-0.15, -0.1) is 0 Å². The summed E-state index contributed by atoms with van der Waals surface area (Å²) in [5, 5.41) is 22.8. The fourth-order valence-corrected chi connectivity index (χ4v) is 7.50. The molecule has 0 bridgehead atoms. The van der Waals surface area contributed by atoms with Crippen molar-refractivity contribution >= 4 is 0 Å². The van der Waals surface area contributed by atoms with Crippen molar-refractivity contribution in [2.45, 2.75) is 182 Å². The van der Waals surface area contributed by atoms with Crippen molar-refractivity contribution in [2.24, 2.45) is 0 Å². The van der Waals surface area contributed by atoms with Gasteiger partial charge in [0.15, 0.2) is 17.5 Å². The standard InChI is InChI=1S/C53H79N3O6/c1-5-9-13-17-21-25-35-59-42-29-32-45(48(57)39-42)51-54-52(46-33-30-43(40-49(46)58)60-36-26-22-18-14-10-6-2)56-53(55-51)47-34-31-44(61-37-27-23-19-15-11-7-3)41-50(47)62-38-28-24-20-16-12-8-4/h29-34,39-41,57-58H,5-28,35-38H2,1-4H3. The Morgan fingerprint density at radius 2 is 0.629 bits per heavy atom. The van der Waals surface area contributed by atoms with Crippen molar-refractivity contribution in [3.63, 3.8) is 0 Å². The third-order valence-electron chi connectivity index (χ3n) is 11.3. The van der Waals surface area contributed by atoms with Gasteiger partial charge in [-0.2, -0.15) is 0 Å². The molecule has 0 saturated carbocycles. The topological polar surface area (TPSA) is 116 Å². The number of phenolic OH excluding ortho intramolecular Hbond substituents is 2. The van der Waals surface area contributed by atoms with Gasteiger partial charge in [0.05, 0.1) is 43.1 Å². The third kappa shape index (κ3) is 18.4. The quantitative estimate of drug-likeness (QED) is 0.0436. The minimum absolute atomic E-state index is 0.00537. The number of benzene rings is 3. The normalized spacial score (nSPS) is 11.2. The summed E-state index contributed by atoms with van der Waals surface area (Å²) in [7, 11) is 0. The fourth-order valence-electron chi connectivity index (χ4n) is 7.50. The number of aromatic hydroxyl groups is 2. The molecule has 0 amide bonds. The first kappa shape index (κ1) is 50.1. The number of ether oxygens (including phenoxy) is 4. The van der Waals surface area contributed by atoms with E-state index in [1.807, 2.05) is 30.3 Å². The predicted octanol–water partition coefficient (Wildman–Crippen LogP) is 15.2. The lowest BCUT2D eigenvalue weighted by atomic mass is 10.1. The van der Waals surface area contributed by atoms with Gasteiger partial charge in [0.1, 0.15) is 34.5 Å². The van der Waals surface area contributed by atoms with E-state index < -0.39 is 0 Å². The highest BCUT2D eigenvalue weighted by Crippen LogP contribution is 2.38. The number of aromatic nitrogens is 3. The Bertz CT molecular complexity index is 1730. The van der Waals surface area contributed by atoms with Gasteiger partial charge in [-0.05, 0) is 62.1 Å². The Kier molecular flexibility index (Phi) is 24.7. The third-order valence-corrected chi connectivity index (χ3v) is 11.3. The lowest BCUT2D eigenvalue weighted by molar-refractivity contribution is 0.290. The van der Waals surface area contributed by atoms with Crippen molar-refractivity contribution < 1.29 is 29.2 Å². The Balaban J connectivity index is 1.64. The van der Waals surface area contributed by atoms with E-state index in [0.29, 0.717) is 66.2 Å². The van der Waals surface area contributed by atoms with Crippen LogP contribution in [-0.2, 0) is 0 Å². The zero-order valence-corrected chi connectivity index (χ0v) is 38.9. The molecule has 2 N–H and O–H groups in total. The van der Waals surface area contributed by atoms with E-state index in [1.165, 1.54) is 103 Å². The summed E-state index contributed by atoms with van der Waals surface area (Å²) in [4.78, 5) is 14.8. The minimum atomic E-state index is -0.00537. The van der Waals surface area contributed by atoms with E-state index in [9.17, 15) is 10.2 Å². The molecule has 0 aliphatic heterocycles. The fraction of sp³-hybridized carbons (Fsp3) is 0.604. The molecule has 62 heavy (non-hydrogen) atoms. The Hall–Kier alpha value is -4.53. The van der Waals surface area contributed by atoms with Crippen LogP contribution in [0.3, 0.4) is 0 Å². The van der Waals surface area contributed by atoms with Crippen LogP contribution in [0, 0.1) is 0 Å². The van der Waals surface area contributed by atoms with Crippen LogP contribution in [0.5, 0.6) is 34.5 Å². The van der Waals surface area contributed by atoms with Gasteiger partial charge in [0, 0.05) is 18.2 Å². The van der Waals surface area contributed by atoms with Crippen LogP contribution in [0.2, 0.25) is 0 Å². The first-order valence-corrected chi connectivity index (χ1v) is 24.6. The van der Waals surface area contributed by atoms with Crippen LogP contribution >= 0.6 is 0 Å². The van der Waals surface area contributed by atoms with E-state index >= 15 is 0 Å². The smallest absolute Gasteiger partial charge is 0.167 e. The molecular formula is C53H79N3O6. The van der Waals surface area contributed by atoms with Gasteiger partial charge in [-0.3, -0.25) is 0 Å². The van der Waals surface area contributed by atoms with Crippen molar-refractivity contribution in [1.29, 1.82) is 0 Å². The molecule has 0 saturated heterocycles. The second kappa shape index (κ2) is 30.5. The minimum Gasteiger partial charge on any atom is -0.507 e. The van der Waals surface area contributed by atoms with Crippen LogP contribution in [-0.4, -0.2) is 51.6 Å². The molecule has 9 nitrogen and oxygen atoms in total. The highest BCUT2D eigenvalue weighted by Gasteiger charge is 2.20. The predicted molar refractivity (Wildman–Crippen MR) is 255 cm³/mol. The second-order valence-corrected chi connectivity index (χ2v) is 16.8. The van der Waals surface area contributed by atoms with Gasteiger partial charge in [0.25, 0.3) is 0 Å². The molecule has 342 valence electrons. The number of hydrogen-bond donors (Lipinski definition) is 2. The van der Waals surface area contributed by atoms with Crippen molar-refractivity contribution in [1.82, 2.24) is 15.0 Å². The average molecular weight is 854 g/mol. The van der Waals surface area contributed by atoms with E-state index in [1.54, 1.807) is 24.3 Å². The Morgan fingerprint density at radius 3 is 0.984 bits per heavy atom. The lowest BCUT2D eigenvalue weighted by Gasteiger charge is -2.16. The molecule has 4 rings (SSSR count). The highest BCUT2D eigenvalue weighted by atomic mass is 16.5. The van der Waals surface area contributed by atoms with Crippen molar-refractivity contribution in [3.05, 3.63) is 54.6 Å². The van der Waals surface area contributed by atoms with Gasteiger partial charge in [0.2, 0.25) is 0 Å². The van der Waals surface area contributed by atoms with Crippen molar-refractivity contribution in [3.8, 4) is 68.7 Å². The van der Waals surface area contributed by atoms with Crippen LogP contribution in [0.4, 0.5) is 0 Å². The Labute approximate surface area is 374 Å². The maximum absolute atomic E-state index is 11.4. The maximum Gasteiger partial charge on any atom is 0.167 e. The lowest BCUT2D eigenvalue weighted by Crippen LogP contribution is -2.05. The summed E-state index contributed by atoms with van der Waals surface area (Å²) < 4.78 is 24.8. The van der Waals surface area contributed by atoms with Gasteiger partial charge in [-0.1, -0.05) is 156 Å². The van der Waals surface area contributed by atoms with Crippen LogP contribution in [0.15, 0.2) is 54.6 Å². The SMILES string of the molecule is CCCCCCCCOc1ccc(-c2nc(-c3ccc(OCCCCCCCC)cc3O)nc(-c3ccc(OCCCCCCCC)cc3OCCCCCCCC)n2)c(O)c1. The summed E-state index contributed by atoms with van der Waals surface area (Å²) >= 11 is 0. The van der Waals surface area contributed by atoms with E-state index in [4.69, 9.17) is 33.9 Å². The molecule has 0 spiro atoms. The van der Waals surface area contributed by atoms with Crippen LogP contribution < -0.4 is 18.9 Å². The zero-order chi connectivity index (χ0) is 44.0. The molecule has 4 aromatic rings. The summed E-state index contributed by atoms with van der Waals surface area (Å²) in [5.74, 6) is 3.40. The molecule has 0 radical (unpaired) electrons. The average Bonchev–Trinajstić information content (AvgIpc) is 3.28.